The molecule has 1 saturated carbocycles. The van der Waals surface area contributed by atoms with E-state index in [4.69, 9.17) is 11.6 Å². The fourth-order valence-corrected chi connectivity index (χ4v) is 3.64. The summed E-state index contributed by atoms with van der Waals surface area (Å²) in [5, 5.41) is 3.45. The first kappa shape index (κ1) is 14.5. The van der Waals surface area contributed by atoms with Crippen LogP contribution in [0.25, 0.3) is 11.3 Å². The Hall–Kier alpha value is -1.39. The largest absolute Gasteiger partial charge is 0.291 e. The van der Waals surface area contributed by atoms with Gasteiger partial charge in [0, 0.05) is 28.9 Å². The second kappa shape index (κ2) is 6.16. The summed E-state index contributed by atoms with van der Waals surface area (Å²) in [6.07, 6.45) is 4.35. The highest BCUT2D eigenvalue weighted by molar-refractivity contribution is 7.14. The van der Waals surface area contributed by atoms with Crippen LogP contribution in [0, 0.1) is 5.92 Å². The maximum Gasteiger partial charge on any atom is 0.231 e. The molecule has 1 aromatic heterocycles. The van der Waals surface area contributed by atoms with E-state index in [0.717, 1.165) is 42.1 Å². The van der Waals surface area contributed by atoms with Gasteiger partial charge in [-0.2, -0.15) is 0 Å². The average molecular weight is 321 g/mol. The van der Waals surface area contributed by atoms with Gasteiger partial charge >= 0.3 is 0 Å². The van der Waals surface area contributed by atoms with Gasteiger partial charge in [0.2, 0.25) is 5.91 Å². The summed E-state index contributed by atoms with van der Waals surface area (Å²) < 4.78 is 0. The predicted octanol–water partition coefficient (Wildman–Crippen LogP) is 4.62. The normalized spacial score (nSPS) is 15.3. The highest BCUT2D eigenvalue weighted by Gasteiger charge is 2.27. The zero-order valence-corrected chi connectivity index (χ0v) is 13.5. The summed E-state index contributed by atoms with van der Waals surface area (Å²) in [7, 11) is 1.82. The molecule has 1 amide bonds. The van der Waals surface area contributed by atoms with Crippen molar-refractivity contribution >= 4 is 34.0 Å². The number of halogens is 1. The zero-order valence-electron chi connectivity index (χ0n) is 11.9. The van der Waals surface area contributed by atoms with Crippen molar-refractivity contribution in [2.24, 2.45) is 5.92 Å². The third-order valence-corrected chi connectivity index (χ3v) is 5.12. The van der Waals surface area contributed by atoms with Gasteiger partial charge in [0.1, 0.15) is 0 Å². The molecule has 1 aliphatic rings. The van der Waals surface area contributed by atoms with Crippen LogP contribution in [0.1, 0.15) is 25.7 Å². The Morgan fingerprint density at radius 1 is 1.29 bits per heavy atom. The zero-order chi connectivity index (χ0) is 14.8. The number of carbonyl (C=O) groups excluding carboxylic acids is 1. The molecule has 0 aliphatic heterocycles. The molecule has 110 valence electrons. The molecule has 2 aromatic rings. The van der Waals surface area contributed by atoms with Crippen molar-refractivity contribution in [1.82, 2.24) is 4.98 Å². The number of rotatable bonds is 3. The fourth-order valence-electron chi connectivity index (χ4n) is 2.71. The minimum Gasteiger partial charge on any atom is -0.291 e. The Kier molecular flexibility index (Phi) is 4.27. The fraction of sp³-hybridized carbons (Fsp3) is 0.375. The first-order valence-electron chi connectivity index (χ1n) is 7.14. The van der Waals surface area contributed by atoms with E-state index in [9.17, 15) is 4.79 Å². The van der Waals surface area contributed by atoms with Crippen molar-refractivity contribution in [3.05, 3.63) is 34.7 Å². The van der Waals surface area contributed by atoms with E-state index < -0.39 is 0 Å². The second-order valence-electron chi connectivity index (χ2n) is 5.40. The van der Waals surface area contributed by atoms with E-state index in [2.05, 4.69) is 4.98 Å². The Bertz CT molecular complexity index is 632. The molecule has 0 N–H and O–H groups in total. The number of anilines is 1. The van der Waals surface area contributed by atoms with E-state index in [1.807, 2.05) is 36.7 Å². The van der Waals surface area contributed by atoms with Gasteiger partial charge in [-0.05, 0) is 25.0 Å². The van der Waals surface area contributed by atoms with E-state index in [1.165, 1.54) is 11.3 Å². The van der Waals surface area contributed by atoms with Crippen molar-refractivity contribution < 1.29 is 4.79 Å². The lowest BCUT2D eigenvalue weighted by Gasteiger charge is -2.17. The molecular weight excluding hydrogens is 304 g/mol. The van der Waals surface area contributed by atoms with Crippen molar-refractivity contribution in [3.8, 4) is 11.3 Å². The third kappa shape index (κ3) is 3.11. The van der Waals surface area contributed by atoms with E-state index >= 15 is 0 Å². The minimum absolute atomic E-state index is 0.179. The van der Waals surface area contributed by atoms with Gasteiger partial charge in [0.15, 0.2) is 5.13 Å². The number of carbonyl (C=O) groups is 1. The Labute approximate surface area is 133 Å². The van der Waals surface area contributed by atoms with Gasteiger partial charge in [0.25, 0.3) is 0 Å². The lowest BCUT2D eigenvalue weighted by Crippen LogP contribution is -2.31. The number of benzene rings is 1. The SMILES string of the molecule is CN(C(=O)C1CCCC1)c1nc(-c2ccc(Cl)cc2)cs1. The molecule has 1 aliphatic carbocycles. The summed E-state index contributed by atoms with van der Waals surface area (Å²) in [5.74, 6) is 0.377. The minimum atomic E-state index is 0.179. The third-order valence-electron chi connectivity index (χ3n) is 3.95. The monoisotopic (exact) mass is 320 g/mol. The van der Waals surface area contributed by atoms with Gasteiger partial charge in [-0.25, -0.2) is 4.98 Å². The summed E-state index contributed by atoms with van der Waals surface area (Å²) in [5.41, 5.74) is 1.90. The van der Waals surface area contributed by atoms with Crippen LogP contribution in [0.3, 0.4) is 0 Å². The van der Waals surface area contributed by atoms with Crippen molar-refractivity contribution in [2.45, 2.75) is 25.7 Å². The highest BCUT2D eigenvalue weighted by Crippen LogP contribution is 2.31. The Balaban J connectivity index is 1.77. The first-order chi connectivity index (χ1) is 10.1. The number of aromatic nitrogens is 1. The van der Waals surface area contributed by atoms with Gasteiger partial charge in [-0.3, -0.25) is 9.69 Å². The van der Waals surface area contributed by atoms with Crippen LogP contribution < -0.4 is 4.90 Å². The second-order valence-corrected chi connectivity index (χ2v) is 6.67. The topological polar surface area (TPSA) is 33.2 Å². The van der Waals surface area contributed by atoms with Crippen LogP contribution in [-0.4, -0.2) is 17.9 Å². The van der Waals surface area contributed by atoms with Crippen LogP contribution in [0.4, 0.5) is 5.13 Å². The number of hydrogen-bond acceptors (Lipinski definition) is 3. The molecule has 3 rings (SSSR count). The van der Waals surface area contributed by atoms with Crippen LogP contribution in [0.2, 0.25) is 5.02 Å². The van der Waals surface area contributed by atoms with Gasteiger partial charge in [-0.15, -0.1) is 11.3 Å². The van der Waals surface area contributed by atoms with Gasteiger partial charge in [-0.1, -0.05) is 36.6 Å². The molecule has 1 aromatic carbocycles. The molecule has 5 heteroatoms. The van der Waals surface area contributed by atoms with Crippen LogP contribution in [-0.2, 0) is 4.79 Å². The van der Waals surface area contributed by atoms with Crippen molar-refractivity contribution in [2.75, 3.05) is 11.9 Å². The first-order valence-corrected chi connectivity index (χ1v) is 8.40. The molecule has 0 bridgehead atoms. The molecule has 1 heterocycles. The molecule has 0 spiro atoms. The van der Waals surface area contributed by atoms with Gasteiger partial charge < -0.3 is 0 Å². The molecule has 0 saturated heterocycles. The predicted molar refractivity (Wildman–Crippen MR) is 87.9 cm³/mol. The van der Waals surface area contributed by atoms with Crippen molar-refractivity contribution in [3.63, 3.8) is 0 Å². The molecule has 0 radical (unpaired) electrons. The highest BCUT2D eigenvalue weighted by atomic mass is 35.5. The van der Waals surface area contributed by atoms with Crippen LogP contribution in [0.5, 0.6) is 0 Å². The van der Waals surface area contributed by atoms with Crippen molar-refractivity contribution in [1.29, 1.82) is 0 Å². The maximum atomic E-state index is 12.4. The average Bonchev–Trinajstić information content (AvgIpc) is 3.18. The summed E-state index contributed by atoms with van der Waals surface area (Å²) >= 11 is 7.40. The van der Waals surface area contributed by atoms with Crippen LogP contribution in [0.15, 0.2) is 29.6 Å². The van der Waals surface area contributed by atoms with E-state index in [1.54, 1.807) is 4.90 Å². The molecule has 0 unspecified atom stereocenters. The number of hydrogen-bond donors (Lipinski definition) is 0. The van der Waals surface area contributed by atoms with E-state index in [-0.39, 0.29) is 11.8 Å². The molecule has 0 atom stereocenters. The smallest absolute Gasteiger partial charge is 0.231 e. The Morgan fingerprint density at radius 2 is 1.95 bits per heavy atom. The lowest BCUT2D eigenvalue weighted by atomic mass is 10.1. The summed E-state index contributed by atoms with van der Waals surface area (Å²) in [4.78, 5) is 18.7. The van der Waals surface area contributed by atoms with Crippen LogP contribution >= 0.6 is 22.9 Å². The molecular formula is C16H17ClN2OS. The van der Waals surface area contributed by atoms with E-state index in [0.29, 0.717) is 5.02 Å². The molecule has 1 fully saturated rings. The molecule has 3 nitrogen and oxygen atoms in total. The lowest BCUT2D eigenvalue weighted by molar-refractivity contribution is -0.121. The standard InChI is InChI=1S/C16H17ClN2OS/c1-19(15(20)12-4-2-3-5-12)16-18-14(10-21-16)11-6-8-13(17)9-7-11/h6-10,12H,2-5H2,1H3. The number of amides is 1. The summed E-state index contributed by atoms with van der Waals surface area (Å²) in [6, 6.07) is 7.59. The number of thiazole rings is 1. The van der Waals surface area contributed by atoms with Gasteiger partial charge in [0.05, 0.1) is 5.69 Å². The quantitative estimate of drug-likeness (QED) is 0.827. The number of nitrogens with zero attached hydrogens (tertiary/aromatic N) is 2. The summed E-state index contributed by atoms with van der Waals surface area (Å²) in [6.45, 7) is 0. The maximum absolute atomic E-state index is 12.4. The Morgan fingerprint density at radius 3 is 2.62 bits per heavy atom. The molecule has 21 heavy (non-hydrogen) atoms.